The molecule has 0 N–H and O–H groups in total. The number of benzene rings is 1. The number of rotatable bonds is 4. The van der Waals surface area contributed by atoms with Crippen LogP contribution in [-0.4, -0.2) is 26.1 Å². The summed E-state index contributed by atoms with van der Waals surface area (Å²) < 4.78 is 16.7. The summed E-state index contributed by atoms with van der Waals surface area (Å²) in [6.07, 6.45) is 1.67. The summed E-state index contributed by atoms with van der Waals surface area (Å²) in [6, 6.07) is 7.43. The van der Waals surface area contributed by atoms with Gasteiger partial charge in [0.25, 0.3) is 0 Å². The number of carbonyl (C=O) groups excluding carboxylic acids is 1. The highest BCUT2D eigenvalue weighted by Gasteiger charge is 2.25. The Balaban J connectivity index is 1.98. The maximum atomic E-state index is 12.0. The van der Waals surface area contributed by atoms with Gasteiger partial charge in [-0.3, -0.25) is 0 Å². The molecule has 0 bridgehead atoms. The Bertz CT molecular complexity index is 812. The van der Waals surface area contributed by atoms with Crippen LogP contribution >= 0.6 is 33.9 Å². The van der Waals surface area contributed by atoms with Crippen LogP contribution in [-0.2, 0) is 9.53 Å². The molecule has 0 saturated carbocycles. The monoisotopic (exact) mass is 441 g/mol. The van der Waals surface area contributed by atoms with Gasteiger partial charge in [-0.1, -0.05) is 6.07 Å². The van der Waals surface area contributed by atoms with E-state index in [0.29, 0.717) is 17.4 Å². The van der Waals surface area contributed by atoms with Crippen molar-refractivity contribution in [1.29, 1.82) is 0 Å². The number of hydrogen-bond acceptors (Lipinski definition) is 6. The molecular formula is C16H12INO4S. The lowest BCUT2D eigenvalue weighted by atomic mass is 10.1. The molecule has 1 aromatic carbocycles. The van der Waals surface area contributed by atoms with E-state index in [-0.39, 0.29) is 5.70 Å². The maximum absolute atomic E-state index is 12.0. The van der Waals surface area contributed by atoms with Crippen LogP contribution in [0, 0.1) is 3.57 Å². The molecule has 1 aliphatic rings. The first-order valence-corrected chi connectivity index (χ1v) is 8.56. The number of methoxy groups -OCH3 is 2. The summed E-state index contributed by atoms with van der Waals surface area (Å²) >= 11 is 3.63. The molecule has 23 heavy (non-hydrogen) atoms. The van der Waals surface area contributed by atoms with Gasteiger partial charge in [0, 0.05) is 0 Å². The Hall–Kier alpha value is -1.87. The fourth-order valence-corrected chi connectivity index (χ4v) is 3.59. The number of aliphatic imine (C=N–C) groups is 1. The van der Waals surface area contributed by atoms with Gasteiger partial charge in [0.05, 0.1) is 22.7 Å². The lowest BCUT2D eigenvalue weighted by Crippen LogP contribution is -2.03. The molecule has 0 atom stereocenters. The van der Waals surface area contributed by atoms with Gasteiger partial charge in [-0.05, 0) is 57.8 Å². The maximum Gasteiger partial charge on any atom is 0.363 e. The fraction of sp³-hybridized carbons (Fsp3) is 0.125. The quantitative estimate of drug-likeness (QED) is 0.413. The van der Waals surface area contributed by atoms with Crippen molar-refractivity contribution in [2.75, 3.05) is 14.2 Å². The zero-order valence-corrected chi connectivity index (χ0v) is 15.3. The highest BCUT2D eigenvalue weighted by atomic mass is 127. The van der Waals surface area contributed by atoms with Gasteiger partial charge in [-0.15, -0.1) is 11.3 Å². The minimum atomic E-state index is -0.460. The Morgan fingerprint density at radius 2 is 2.13 bits per heavy atom. The van der Waals surface area contributed by atoms with E-state index in [1.165, 1.54) is 11.3 Å². The molecular weight excluding hydrogens is 429 g/mol. The van der Waals surface area contributed by atoms with Crippen molar-refractivity contribution in [2.24, 2.45) is 4.99 Å². The van der Waals surface area contributed by atoms with Crippen molar-refractivity contribution in [3.8, 4) is 11.5 Å². The first kappa shape index (κ1) is 16.0. The van der Waals surface area contributed by atoms with Crippen LogP contribution < -0.4 is 9.47 Å². The summed E-state index contributed by atoms with van der Waals surface area (Å²) in [4.78, 5) is 17.1. The van der Waals surface area contributed by atoms with Gasteiger partial charge in [-0.2, -0.15) is 0 Å². The van der Waals surface area contributed by atoms with E-state index in [2.05, 4.69) is 27.6 Å². The van der Waals surface area contributed by atoms with Gasteiger partial charge < -0.3 is 14.2 Å². The molecule has 0 radical (unpaired) electrons. The molecule has 0 spiro atoms. The second-order valence-corrected chi connectivity index (χ2v) is 6.66. The lowest BCUT2D eigenvalue weighted by Gasteiger charge is -2.10. The highest BCUT2D eigenvalue weighted by molar-refractivity contribution is 14.1. The number of nitrogens with zero attached hydrogens (tertiary/aromatic N) is 1. The summed E-state index contributed by atoms with van der Waals surface area (Å²) in [6.45, 7) is 0. The van der Waals surface area contributed by atoms with E-state index < -0.39 is 5.97 Å². The predicted molar refractivity (Wildman–Crippen MR) is 97.2 cm³/mol. The number of halogens is 1. The second-order valence-electron chi connectivity index (χ2n) is 4.55. The molecule has 5 nitrogen and oxygen atoms in total. The van der Waals surface area contributed by atoms with Crippen LogP contribution in [0.4, 0.5) is 0 Å². The summed E-state index contributed by atoms with van der Waals surface area (Å²) in [7, 11) is 3.16. The molecule has 118 valence electrons. The topological polar surface area (TPSA) is 57.1 Å². The predicted octanol–water partition coefficient (Wildman–Crippen LogP) is 3.71. The average molecular weight is 441 g/mol. The zero-order valence-electron chi connectivity index (χ0n) is 12.3. The average Bonchev–Trinajstić information content (AvgIpc) is 3.17. The Labute approximate surface area is 150 Å². The normalized spacial score (nSPS) is 15.5. The minimum Gasteiger partial charge on any atom is -0.493 e. The molecule has 2 heterocycles. The Morgan fingerprint density at radius 1 is 1.30 bits per heavy atom. The molecule has 2 aromatic rings. The van der Waals surface area contributed by atoms with Gasteiger partial charge in [0.1, 0.15) is 0 Å². The highest BCUT2D eigenvalue weighted by Crippen LogP contribution is 2.34. The second kappa shape index (κ2) is 6.71. The summed E-state index contributed by atoms with van der Waals surface area (Å²) in [5, 5.41) is 1.91. The zero-order chi connectivity index (χ0) is 16.4. The van der Waals surface area contributed by atoms with Crippen LogP contribution in [0.15, 0.2) is 40.3 Å². The van der Waals surface area contributed by atoms with Crippen molar-refractivity contribution in [3.05, 3.63) is 49.4 Å². The number of ether oxygens (including phenoxy) is 3. The number of carbonyl (C=O) groups is 1. The van der Waals surface area contributed by atoms with Gasteiger partial charge in [0.15, 0.2) is 17.2 Å². The van der Waals surface area contributed by atoms with Gasteiger partial charge in [0.2, 0.25) is 5.90 Å². The van der Waals surface area contributed by atoms with Crippen molar-refractivity contribution in [1.82, 2.24) is 0 Å². The Kier molecular flexibility index (Phi) is 4.67. The molecule has 0 amide bonds. The van der Waals surface area contributed by atoms with Crippen molar-refractivity contribution < 1.29 is 19.0 Å². The molecule has 7 heteroatoms. The number of cyclic esters (lactones) is 1. The van der Waals surface area contributed by atoms with E-state index in [9.17, 15) is 4.79 Å². The molecule has 0 unspecified atom stereocenters. The SMILES string of the molecule is COc1cc(C=C2N=C(c3cccs3)OC2=O)cc(I)c1OC. The summed E-state index contributed by atoms with van der Waals surface area (Å²) in [5.41, 5.74) is 1.05. The van der Waals surface area contributed by atoms with Gasteiger partial charge >= 0.3 is 5.97 Å². The minimum absolute atomic E-state index is 0.261. The lowest BCUT2D eigenvalue weighted by molar-refractivity contribution is -0.129. The molecule has 0 fully saturated rings. The van der Waals surface area contributed by atoms with Crippen LogP contribution in [0.5, 0.6) is 11.5 Å². The van der Waals surface area contributed by atoms with Crippen molar-refractivity contribution in [2.45, 2.75) is 0 Å². The molecule has 1 aromatic heterocycles. The number of hydrogen-bond donors (Lipinski definition) is 0. The first-order chi connectivity index (χ1) is 11.1. The third kappa shape index (κ3) is 3.25. The van der Waals surface area contributed by atoms with E-state index >= 15 is 0 Å². The third-order valence-electron chi connectivity index (χ3n) is 3.11. The smallest absolute Gasteiger partial charge is 0.363 e. The van der Waals surface area contributed by atoms with Crippen molar-refractivity contribution >= 4 is 51.9 Å². The van der Waals surface area contributed by atoms with Crippen molar-refractivity contribution in [3.63, 3.8) is 0 Å². The standard InChI is InChI=1S/C16H12INO4S/c1-20-12-8-9(6-10(17)14(12)21-2)7-11-16(19)22-15(18-11)13-4-3-5-23-13/h3-8H,1-2H3. The van der Waals surface area contributed by atoms with E-state index in [4.69, 9.17) is 14.2 Å². The van der Waals surface area contributed by atoms with Crippen LogP contribution in [0.1, 0.15) is 10.4 Å². The van der Waals surface area contributed by atoms with Crippen LogP contribution in [0.25, 0.3) is 6.08 Å². The largest absolute Gasteiger partial charge is 0.493 e. The molecule has 1 aliphatic heterocycles. The number of esters is 1. The van der Waals surface area contributed by atoms with Crippen LogP contribution in [0.2, 0.25) is 0 Å². The molecule has 3 rings (SSSR count). The first-order valence-electron chi connectivity index (χ1n) is 6.60. The fourth-order valence-electron chi connectivity index (χ4n) is 2.09. The molecule has 0 saturated heterocycles. The van der Waals surface area contributed by atoms with E-state index in [0.717, 1.165) is 14.0 Å². The van der Waals surface area contributed by atoms with Gasteiger partial charge in [-0.25, -0.2) is 9.79 Å². The van der Waals surface area contributed by atoms with E-state index in [1.54, 1.807) is 26.4 Å². The van der Waals surface area contributed by atoms with E-state index in [1.807, 2.05) is 23.6 Å². The number of thiophene rings is 1. The summed E-state index contributed by atoms with van der Waals surface area (Å²) in [5.74, 6) is 1.14. The third-order valence-corrected chi connectivity index (χ3v) is 4.77. The van der Waals surface area contributed by atoms with Crippen LogP contribution in [0.3, 0.4) is 0 Å². The Morgan fingerprint density at radius 3 is 2.78 bits per heavy atom. The molecule has 0 aliphatic carbocycles.